The van der Waals surface area contributed by atoms with Gasteiger partial charge in [-0.2, -0.15) is 0 Å². The van der Waals surface area contributed by atoms with Gasteiger partial charge < -0.3 is 15.2 Å². The fourth-order valence-electron chi connectivity index (χ4n) is 2.74. The molecule has 1 aromatic heterocycles. The van der Waals surface area contributed by atoms with Crippen LogP contribution >= 0.6 is 11.6 Å². The zero-order valence-electron chi connectivity index (χ0n) is 14.5. The summed E-state index contributed by atoms with van der Waals surface area (Å²) in [5.74, 6) is 1.83. The van der Waals surface area contributed by atoms with Crippen LogP contribution < -0.4 is 5.32 Å². The first-order chi connectivity index (χ1) is 12.2. The zero-order valence-corrected chi connectivity index (χ0v) is 15.2. The van der Waals surface area contributed by atoms with E-state index in [2.05, 4.69) is 25.2 Å². The Hall–Kier alpha value is -2.53. The minimum Gasteiger partial charge on any atom is -0.356 e. The van der Waals surface area contributed by atoms with Gasteiger partial charge in [0.2, 0.25) is 0 Å². The van der Waals surface area contributed by atoms with E-state index < -0.39 is 0 Å². The van der Waals surface area contributed by atoms with Crippen LogP contribution in [0.15, 0.2) is 53.5 Å². The van der Waals surface area contributed by atoms with Crippen LogP contribution in [0.2, 0.25) is 5.02 Å². The monoisotopic (exact) mass is 355 g/mol. The van der Waals surface area contributed by atoms with Crippen LogP contribution in [0, 0.1) is 0 Å². The third-order valence-corrected chi connectivity index (χ3v) is 4.24. The van der Waals surface area contributed by atoms with E-state index in [4.69, 9.17) is 11.6 Å². The van der Waals surface area contributed by atoms with Gasteiger partial charge in [0.05, 0.1) is 11.0 Å². The van der Waals surface area contributed by atoms with Gasteiger partial charge in [0, 0.05) is 38.6 Å². The molecule has 0 saturated carbocycles. The molecule has 0 amide bonds. The number of nitrogens with zero attached hydrogens (tertiary/aromatic N) is 3. The minimum atomic E-state index is 0.750. The Morgan fingerprint density at radius 3 is 2.68 bits per heavy atom. The Morgan fingerprint density at radius 1 is 1.20 bits per heavy atom. The molecule has 0 fully saturated rings. The molecular formula is C19H22ClN5. The van der Waals surface area contributed by atoms with Gasteiger partial charge in [-0.25, -0.2) is 4.98 Å². The Labute approximate surface area is 152 Å². The van der Waals surface area contributed by atoms with E-state index >= 15 is 0 Å². The molecule has 0 aliphatic rings. The number of benzene rings is 2. The first kappa shape index (κ1) is 17.3. The summed E-state index contributed by atoms with van der Waals surface area (Å²) in [6.45, 7) is 1.53. The largest absolute Gasteiger partial charge is 0.356 e. The quantitative estimate of drug-likeness (QED) is 0.544. The number of para-hydroxylation sites is 2. The molecule has 0 radical (unpaired) electrons. The summed E-state index contributed by atoms with van der Waals surface area (Å²) < 4.78 is 0. The second-order valence-electron chi connectivity index (χ2n) is 5.91. The average molecular weight is 356 g/mol. The number of H-pyrrole nitrogens is 1. The lowest BCUT2D eigenvalue weighted by molar-refractivity contribution is 0.477. The van der Waals surface area contributed by atoms with Crippen LogP contribution in [-0.2, 0) is 13.0 Å². The predicted octanol–water partition coefficient (Wildman–Crippen LogP) is 3.47. The summed E-state index contributed by atoms with van der Waals surface area (Å²) in [4.78, 5) is 14.4. The van der Waals surface area contributed by atoms with Crippen LogP contribution in [0.4, 0.5) is 0 Å². The molecular weight excluding hydrogens is 334 g/mol. The molecule has 130 valence electrons. The predicted molar refractivity (Wildman–Crippen MR) is 104 cm³/mol. The summed E-state index contributed by atoms with van der Waals surface area (Å²) in [6.07, 6.45) is 0.808. The number of fused-ring (bicyclic) bond motifs is 1. The molecule has 0 atom stereocenters. The number of guanidine groups is 1. The molecule has 0 unspecified atom stereocenters. The second-order valence-corrected chi connectivity index (χ2v) is 6.34. The summed E-state index contributed by atoms with van der Waals surface area (Å²) in [7, 11) is 3.81. The van der Waals surface area contributed by atoms with Crippen LogP contribution in [0.25, 0.3) is 11.0 Å². The molecule has 0 bridgehead atoms. The van der Waals surface area contributed by atoms with E-state index in [-0.39, 0.29) is 0 Å². The highest BCUT2D eigenvalue weighted by molar-refractivity contribution is 6.30. The molecule has 0 aliphatic carbocycles. The number of aromatic amines is 1. The van der Waals surface area contributed by atoms with Crippen molar-refractivity contribution in [2.24, 2.45) is 4.99 Å². The lowest BCUT2D eigenvalue weighted by Crippen LogP contribution is -2.39. The number of aliphatic imine (C=N–C) groups is 1. The molecule has 2 N–H and O–H groups in total. The van der Waals surface area contributed by atoms with Crippen LogP contribution in [0.3, 0.4) is 0 Å². The van der Waals surface area contributed by atoms with Gasteiger partial charge in [0.1, 0.15) is 5.82 Å². The van der Waals surface area contributed by atoms with Crippen molar-refractivity contribution in [3.05, 3.63) is 64.9 Å². The molecule has 6 heteroatoms. The maximum absolute atomic E-state index is 5.94. The fraction of sp³-hybridized carbons (Fsp3) is 0.263. The molecule has 0 spiro atoms. The first-order valence-electron chi connectivity index (χ1n) is 8.25. The van der Waals surface area contributed by atoms with E-state index in [9.17, 15) is 0 Å². The Morgan fingerprint density at radius 2 is 1.96 bits per heavy atom. The Balaban J connectivity index is 1.54. The van der Waals surface area contributed by atoms with Crippen molar-refractivity contribution in [1.29, 1.82) is 0 Å². The van der Waals surface area contributed by atoms with E-state index in [1.165, 1.54) is 5.56 Å². The van der Waals surface area contributed by atoms with Crippen molar-refractivity contribution in [3.63, 3.8) is 0 Å². The molecule has 5 nitrogen and oxygen atoms in total. The van der Waals surface area contributed by atoms with E-state index in [1.807, 2.05) is 55.6 Å². The van der Waals surface area contributed by atoms with Gasteiger partial charge in [-0.3, -0.25) is 4.99 Å². The van der Waals surface area contributed by atoms with Gasteiger partial charge in [-0.15, -0.1) is 0 Å². The normalized spacial score (nSPS) is 11.7. The highest BCUT2D eigenvalue weighted by Gasteiger charge is 2.07. The SMILES string of the molecule is CN=C(NCCc1nc2ccccc2[nH]1)N(C)Cc1ccc(Cl)cc1. The van der Waals surface area contributed by atoms with E-state index in [0.29, 0.717) is 0 Å². The summed E-state index contributed by atoms with van der Waals surface area (Å²) in [5.41, 5.74) is 3.26. The van der Waals surface area contributed by atoms with Crippen LogP contribution in [-0.4, -0.2) is 41.5 Å². The standard InChI is InChI=1S/C19H22ClN5/c1-21-19(25(2)13-14-7-9-15(20)10-8-14)22-12-11-18-23-16-5-3-4-6-17(16)24-18/h3-10H,11-13H2,1-2H3,(H,21,22)(H,23,24). The number of imidazole rings is 1. The van der Waals surface area contributed by atoms with Crippen LogP contribution in [0.5, 0.6) is 0 Å². The number of hydrogen-bond acceptors (Lipinski definition) is 2. The van der Waals surface area contributed by atoms with Crippen LogP contribution in [0.1, 0.15) is 11.4 Å². The highest BCUT2D eigenvalue weighted by Crippen LogP contribution is 2.12. The van der Waals surface area contributed by atoms with Crippen molar-refractivity contribution in [2.45, 2.75) is 13.0 Å². The zero-order chi connectivity index (χ0) is 17.6. The number of nitrogens with one attached hydrogen (secondary N) is 2. The van der Waals surface area contributed by atoms with Gasteiger partial charge in [-0.1, -0.05) is 35.9 Å². The molecule has 0 saturated heterocycles. The average Bonchev–Trinajstić information content (AvgIpc) is 3.03. The maximum Gasteiger partial charge on any atom is 0.193 e. The Kier molecular flexibility index (Phi) is 5.56. The smallest absolute Gasteiger partial charge is 0.193 e. The van der Waals surface area contributed by atoms with Crippen molar-refractivity contribution >= 4 is 28.6 Å². The lowest BCUT2D eigenvalue weighted by Gasteiger charge is -2.22. The first-order valence-corrected chi connectivity index (χ1v) is 8.63. The summed E-state index contributed by atoms with van der Waals surface area (Å²) in [5, 5.41) is 4.13. The van der Waals surface area contributed by atoms with Gasteiger partial charge >= 0.3 is 0 Å². The fourth-order valence-corrected chi connectivity index (χ4v) is 2.87. The van der Waals surface area contributed by atoms with Gasteiger partial charge in [-0.05, 0) is 29.8 Å². The van der Waals surface area contributed by atoms with Gasteiger partial charge in [0.15, 0.2) is 5.96 Å². The van der Waals surface area contributed by atoms with E-state index in [0.717, 1.165) is 47.4 Å². The molecule has 25 heavy (non-hydrogen) atoms. The van der Waals surface area contributed by atoms with Crippen molar-refractivity contribution in [1.82, 2.24) is 20.2 Å². The molecule has 0 aliphatic heterocycles. The molecule has 3 aromatic rings. The minimum absolute atomic E-state index is 0.750. The summed E-state index contributed by atoms with van der Waals surface area (Å²) in [6, 6.07) is 15.9. The molecule has 1 heterocycles. The second kappa shape index (κ2) is 8.03. The lowest BCUT2D eigenvalue weighted by atomic mass is 10.2. The third-order valence-electron chi connectivity index (χ3n) is 3.99. The third kappa shape index (κ3) is 4.51. The number of halogens is 1. The molecule has 3 rings (SSSR count). The van der Waals surface area contributed by atoms with E-state index in [1.54, 1.807) is 7.05 Å². The molecule has 2 aromatic carbocycles. The van der Waals surface area contributed by atoms with Crippen molar-refractivity contribution < 1.29 is 0 Å². The number of hydrogen-bond donors (Lipinski definition) is 2. The number of aromatic nitrogens is 2. The summed E-state index contributed by atoms with van der Waals surface area (Å²) >= 11 is 5.94. The van der Waals surface area contributed by atoms with Crippen molar-refractivity contribution in [3.8, 4) is 0 Å². The maximum atomic E-state index is 5.94. The van der Waals surface area contributed by atoms with Gasteiger partial charge in [0.25, 0.3) is 0 Å². The highest BCUT2D eigenvalue weighted by atomic mass is 35.5. The topological polar surface area (TPSA) is 56.3 Å². The Bertz CT molecular complexity index is 821. The number of rotatable bonds is 5. The van der Waals surface area contributed by atoms with Crippen molar-refractivity contribution in [2.75, 3.05) is 20.6 Å².